The number of nitrogens with two attached hydrogens (primary N) is 1. The van der Waals surface area contributed by atoms with E-state index in [0.29, 0.717) is 0 Å². The van der Waals surface area contributed by atoms with Crippen molar-refractivity contribution in [3.05, 3.63) is 35.9 Å². The molecule has 1 rings (SSSR count). The highest BCUT2D eigenvalue weighted by molar-refractivity contribution is 5.85. The van der Waals surface area contributed by atoms with Crippen molar-refractivity contribution in [1.29, 1.82) is 0 Å². The van der Waals surface area contributed by atoms with Gasteiger partial charge in [-0.2, -0.15) is 0 Å². The molecule has 0 aliphatic carbocycles. The average Bonchev–Trinajstić information content (AvgIpc) is 2.37. The Morgan fingerprint density at radius 2 is 1.89 bits per heavy atom. The minimum atomic E-state index is -0.430. The fraction of sp³-hybridized carbons (Fsp3) is 0.533. The lowest BCUT2D eigenvalue weighted by Gasteiger charge is -2.19. The average molecular weight is 285 g/mol. The molecule has 3 N–H and O–H groups in total. The molecular formula is C15H25ClN2O. The highest BCUT2D eigenvalue weighted by Gasteiger charge is 2.14. The van der Waals surface area contributed by atoms with Crippen molar-refractivity contribution in [2.75, 3.05) is 0 Å². The van der Waals surface area contributed by atoms with Crippen LogP contribution in [0.15, 0.2) is 30.3 Å². The third-order valence-electron chi connectivity index (χ3n) is 3.02. The van der Waals surface area contributed by atoms with Gasteiger partial charge in [-0.3, -0.25) is 4.79 Å². The maximum Gasteiger partial charge on any atom is 0.236 e. The van der Waals surface area contributed by atoms with Crippen LogP contribution in [0.2, 0.25) is 0 Å². The second-order valence-corrected chi connectivity index (χ2v) is 4.81. The van der Waals surface area contributed by atoms with E-state index in [1.54, 1.807) is 6.92 Å². The van der Waals surface area contributed by atoms with Crippen molar-refractivity contribution in [1.82, 2.24) is 5.32 Å². The molecule has 0 aliphatic rings. The summed E-state index contributed by atoms with van der Waals surface area (Å²) in [5.74, 6) is -0.0542. The molecule has 1 aromatic rings. The Morgan fingerprint density at radius 1 is 1.26 bits per heavy atom. The quantitative estimate of drug-likeness (QED) is 0.809. The number of aryl methyl sites for hydroxylation is 1. The summed E-state index contributed by atoms with van der Waals surface area (Å²) >= 11 is 0. The second-order valence-electron chi connectivity index (χ2n) is 4.81. The van der Waals surface area contributed by atoms with Crippen LogP contribution in [0.3, 0.4) is 0 Å². The van der Waals surface area contributed by atoms with Crippen LogP contribution < -0.4 is 11.1 Å². The van der Waals surface area contributed by atoms with Crippen molar-refractivity contribution >= 4 is 18.3 Å². The SMILES string of the molecule is CCCC(CCc1ccccc1)NC(=O)[C@H](C)N.Cl. The molecule has 0 heterocycles. The third kappa shape index (κ3) is 7.19. The molecule has 0 saturated heterocycles. The van der Waals surface area contributed by atoms with E-state index in [9.17, 15) is 4.79 Å². The van der Waals surface area contributed by atoms with Gasteiger partial charge in [-0.15, -0.1) is 12.4 Å². The largest absolute Gasteiger partial charge is 0.352 e. The van der Waals surface area contributed by atoms with Crippen LogP contribution in [0.5, 0.6) is 0 Å². The lowest BCUT2D eigenvalue weighted by Crippen LogP contribution is -2.44. The Labute approximate surface area is 122 Å². The van der Waals surface area contributed by atoms with Crippen molar-refractivity contribution in [3.8, 4) is 0 Å². The second kappa shape index (κ2) is 9.82. The summed E-state index contributed by atoms with van der Waals surface area (Å²) < 4.78 is 0. The maximum absolute atomic E-state index is 11.6. The summed E-state index contributed by atoms with van der Waals surface area (Å²) in [5.41, 5.74) is 6.89. The monoisotopic (exact) mass is 284 g/mol. The molecule has 0 spiro atoms. The fourth-order valence-electron chi connectivity index (χ4n) is 1.96. The highest BCUT2D eigenvalue weighted by Crippen LogP contribution is 2.09. The zero-order valence-corrected chi connectivity index (χ0v) is 12.6. The smallest absolute Gasteiger partial charge is 0.236 e. The molecule has 108 valence electrons. The van der Waals surface area contributed by atoms with E-state index in [4.69, 9.17) is 5.73 Å². The topological polar surface area (TPSA) is 55.1 Å². The summed E-state index contributed by atoms with van der Waals surface area (Å²) in [5, 5.41) is 3.02. The number of carbonyl (C=O) groups is 1. The van der Waals surface area contributed by atoms with Crippen LogP contribution in [0.25, 0.3) is 0 Å². The van der Waals surface area contributed by atoms with E-state index >= 15 is 0 Å². The zero-order valence-electron chi connectivity index (χ0n) is 11.8. The molecule has 0 aliphatic heterocycles. The standard InChI is InChI=1S/C15H24N2O.ClH/c1-3-7-14(17-15(18)12(2)16)11-10-13-8-5-4-6-9-13;/h4-6,8-9,12,14H,3,7,10-11,16H2,1-2H3,(H,17,18);1H/t12-,14?;/m0./s1. The summed E-state index contributed by atoms with van der Waals surface area (Å²) in [6, 6.07) is 10.2. The van der Waals surface area contributed by atoms with E-state index in [1.807, 2.05) is 18.2 Å². The van der Waals surface area contributed by atoms with Crippen molar-refractivity contribution in [3.63, 3.8) is 0 Å². The van der Waals surface area contributed by atoms with Gasteiger partial charge in [0.15, 0.2) is 0 Å². The molecule has 0 saturated carbocycles. The maximum atomic E-state index is 11.6. The van der Waals surface area contributed by atoms with Crippen LogP contribution in [0.4, 0.5) is 0 Å². The minimum absolute atomic E-state index is 0. The van der Waals surface area contributed by atoms with Crippen molar-refractivity contribution in [2.24, 2.45) is 5.73 Å². The molecule has 1 unspecified atom stereocenters. The molecule has 0 bridgehead atoms. The molecule has 2 atom stereocenters. The molecule has 3 nitrogen and oxygen atoms in total. The number of nitrogens with one attached hydrogen (secondary N) is 1. The van der Waals surface area contributed by atoms with Gasteiger partial charge in [-0.25, -0.2) is 0 Å². The van der Waals surface area contributed by atoms with Crippen LogP contribution in [0, 0.1) is 0 Å². The zero-order chi connectivity index (χ0) is 13.4. The van der Waals surface area contributed by atoms with E-state index in [2.05, 4.69) is 24.4 Å². The number of rotatable bonds is 7. The molecule has 1 aromatic carbocycles. The van der Waals surface area contributed by atoms with Gasteiger partial charge in [0.2, 0.25) is 5.91 Å². The first-order chi connectivity index (χ1) is 8.63. The predicted molar refractivity (Wildman–Crippen MR) is 82.5 cm³/mol. The van der Waals surface area contributed by atoms with Crippen LogP contribution in [-0.4, -0.2) is 18.0 Å². The van der Waals surface area contributed by atoms with Gasteiger partial charge in [0.25, 0.3) is 0 Å². The number of carbonyl (C=O) groups excluding carboxylic acids is 1. The first-order valence-electron chi connectivity index (χ1n) is 6.73. The predicted octanol–water partition coefficient (Wildman–Crippen LogP) is 2.67. The van der Waals surface area contributed by atoms with Gasteiger partial charge >= 0.3 is 0 Å². The molecule has 19 heavy (non-hydrogen) atoms. The van der Waals surface area contributed by atoms with Crippen molar-refractivity contribution < 1.29 is 4.79 Å². The van der Waals surface area contributed by atoms with Gasteiger partial charge in [-0.1, -0.05) is 43.7 Å². The van der Waals surface area contributed by atoms with Gasteiger partial charge in [-0.05, 0) is 31.7 Å². The molecular weight excluding hydrogens is 260 g/mol. The number of hydrogen-bond acceptors (Lipinski definition) is 2. The van der Waals surface area contributed by atoms with Gasteiger partial charge in [0.1, 0.15) is 0 Å². The van der Waals surface area contributed by atoms with E-state index < -0.39 is 6.04 Å². The van der Waals surface area contributed by atoms with E-state index in [-0.39, 0.29) is 24.4 Å². The molecule has 0 radical (unpaired) electrons. The number of benzene rings is 1. The Kier molecular flexibility index (Phi) is 9.27. The summed E-state index contributed by atoms with van der Waals surface area (Å²) in [6.45, 7) is 3.85. The summed E-state index contributed by atoms with van der Waals surface area (Å²) in [4.78, 5) is 11.6. The van der Waals surface area contributed by atoms with Crippen LogP contribution in [0.1, 0.15) is 38.7 Å². The minimum Gasteiger partial charge on any atom is -0.352 e. The number of amides is 1. The molecule has 4 heteroatoms. The van der Waals surface area contributed by atoms with E-state index in [1.165, 1.54) is 5.56 Å². The van der Waals surface area contributed by atoms with Gasteiger partial charge in [0, 0.05) is 6.04 Å². The lowest BCUT2D eigenvalue weighted by molar-refractivity contribution is -0.122. The van der Waals surface area contributed by atoms with Gasteiger partial charge in [0.05, 0.1) is 6.04 Å². The normalized spacial score (nSPS) is 13.2. The molecule has 0 aromatic heterocycles. The number of hydrogen-bond donors (Lipinski definition) is 2. The van der Waals surface area contributed by atoms with Gasteiger partial charge < -0.3 is 11.1 Å². The number of halogens is 1. The van der Waals surface area contributed by atoms with Crippen LogP contribution in [-0.2, 0) is 11.2 Å². The first kappa shape index (κ1) is 17.9. The third-order valence-corrected chi connectivity index (χ3v) is 3.02. The molecule has 0 fully saturated rings. The Hall–Kier alpha value is -1.06. The Morgan fingerprint density at radius 3 is 2.42 bits per heavy atom. The first-order valence-corrected chi connectivity index (χ1v) is 6.73. The van der Waals surface area contributed by atoms with Crippen molar-refractivity contribution in [2.45, 2.75) is 51.6 Å². The summed E-state index contributed by atoms with van der Waals surface area (Å²) in [6.07, 6.45) is 4.03. The highest BCUT2D eigenvalue weighted by atomic mass is 35.5. The van der Waals surface area contributed by atoms with E-state index in [0.717, 1.165) is 25.7 Å². The summed E-state index contributed by atoms with van der Waals surface area (Å²) in [7, 11) is 0. The fourth-order valence-corrected chi connectivity index (χ4v) is 1.96. The van der Waals surface area contributed by atoms with Crippen LogP contribution >= 0.6 is 12.4 Å². The lowest BCUT2D eigenvalue weighted by atomic mass is 10.0. The molecule has 1 amide bonds. The Bertz CT molecular complexity index is 354. The Balaban J connectivity index is 0.00000324.